The second kappa shape index (κ2) is 8.03. The molecule has 0 amide bonds. The normalized spacial score (nSPS) is 10.6. The first-order valence-corrected chi connectivity index (χ1v) is 7.35. The summed E-state index contributed by atoms with van der Waals surface area (Å²) in [5.74, 6) is 1.80. The van der Waals surface area contributed by atoms with Crippen molar-refractivity contribution < 1.29 is 19.0 Å². The number of carbonyl (C=O) groups excluding carboxylic acids is 1. The lowest BCUT2D eigenvalue weighted by atomic mass is 10.1. The van der Waals surface area contributed by atoms with Gasteiger partial charge in [-0.3, -0.25) is 4.79 Å². The van der Waals surface area contributed by atoms with Gasteiger partial charge < -0.3 is 14.2 Å². The molecule has 0 radical (unpaired) electrons. The standard InChI is InChI=1S/C19H20O4/c1-4-23-15-8-5-14(6-9-15)7-11-18(20)17-13-16(21-2)10-12-19(17)22-3/h5-13H,4H2,1-3H3. The first kappa shape index (κ1) is 16.6. The minimum atomic E-state index is -0.144. The van der Waals surface area contributed by atoms with Crippen LogP contribution in [0.3, 0.4) is 0 Å². The maximum absolute atomic E-state index is 12.4. The molecule has 0 aliphatic carbocycles. The van der Waals surface area contributed by atoms with E-state index in [1.807, 2.05) is 31.2 Å². The van der Waals surface area contributed by atoms with Crippen molar-refractivity contribution in [1.29, 1.82) is 0 Å². The van der Waals surface area contributed by atoms with Crippen LogP contribution < -0.4 is 14.2 Å². The Labute approximate surface area is 136 Å². The molecule has 120 valence electrons. The van der Waals surface area contributed by atoms with Gasteiger partial charge in [0.1, 0.15) is 17.2 Å². The summed E-state index contributed by atoms with van der Waals surface area (Å²) < 4.78 is 15.8. The van der Waals surface area contributed by atoms with E-state index in [1.165, 1.54) is 13.2 Å². The lowest BCUT2D eigenvalue weighted by molar-refractivity contribution is 0.104. The van der Waals surface area contributed by atoms with Gasteiger partial charge in [0.2, 0.25) is 0 Å². The topological polar surface area (TPSA) is 44.8 Å². The Morgan fingerprint density at radius 3 is 2.30 bits per heavy atom. The molecule has 2 aromatic rings. The summed E-state index contributed by atoms with van der Waals surface area (Å²) in [5.41, 5.74) is 1.39. The third kappa shape index (κ3) is 4.36. The van der Waals surface area contributed by atoms with Crippen LogP contribution in [0.25, 0.3) is 6.08 Å². The first-order chi connectivity index (χ1) is 11.2. The van der Waals surface area contributed by atoms with Crippen molar-refractivity contribution in [3.63, 3.8) is 0 Å². The quantitative estimate of drug-likeness (QED) is 0.572. The second-order valence-electron chi connectivity index (χ2n) is 4.77. The van der Waals surface area contributed by atoms with Crippen molar-refractivity contribution in [2.45, 2.75) is 6.92 Å². The van der Waals surface area contributed by atoms with E-state index in [0.717, 1.165) is 11.3 Å². The Hall–Kier alpha value is -2.75. The van der Waals surface area contributed by atoms with Gasteiger partial charge in [-0.1, -0.05) is 18.2 Å². The number of carbonyl (C=O) groups is 1. The van der Waals surface area contributed by atoms with Gasteiger partial charge in [-0.2, -0.15) is 0 Å². The Morgan fingerprint density at radius 1 is 1.00 bits per heavy atom. The van der Waals surface area contributed by atoms with Gasteiger partial charge >= 0.3 is 0 Å². The van der Waals surface area contributed by atoms with E-state index in [4.69, 9.17) is 14.2 Å². The predicted molar refractivity (Wildman–Crippen MR) is 90.5 cm³/mol. The molecule has 2 aromatic carbocycles. The fraction of sp³-hybridized carbons (Fsp3) is 0.211. The van der Waals surface area contributed by atoms with Gasteiger partial charge in [0.15, 0.2) is 5.78 Å². The van der Waals surface area contributed by atoms with E-state index in [-0.39, 0.29) is 5.78 Å². The third-order valence-electron chi connectivity index (χ3n) is 3.29. The van der Waals surface area contributed by atoms with Crippen molar-refractivity contribution in [1.82, 2.24) is 0 Å². The summed E-state index contributed by atoms with van der Waals surface area (Å²) in [6, 6.07) is 12.7. The molecule has 0 saturated heterocycles. The van der Waals surface area contributed by atoms with Gasteiger partial charge in [-0.15, -0.1) is 0 Å². The highest BCUT2D eigenvalue weighted by Crippen LogP contribution is 2.25. The summed E-state index contributed by atoms with van der Waals surface area (Å²) >= 11 is 0. The van der Waals surface area contributed by atoms with E-state index < -0.39 is 0 Å². The molecule has 2 rings (SSSR count). The minimum absolute atomic E-state index is 0.144. The largest absolute Gasteiger partial charge is 0.497 e. The molecule has 0 saturated carbocycles. The zero-order chi connectivity index (χ0) is 16.7. The lowest BCUT2D eigenvalue weighted by Crippen LogP contribution is -1.99. The number of ether oxygens (including phenoxy) is 3. The summed E-state index contributed by atoms with van der Waals surface area (Å²) in [6.07, 6.45) is 3.28. The monoisotopic (exact) mass is 312 g/mol. The molecule has 0 aromatic heterocycles. The highest BCUT2D eigenvalue weighted by molar-refractivity contribution is 6.08. The number of ketones is 1. The van der Waals surface area contributed by atoms with E-state index in [9.17, 15) is 4.79 Å². The van der Waals surface area contributed by atoms with Gasteiger partial charge in [0.25, 0.3) is 0 Å². The molecule has 0 unspecified atom stereocenters. The number of methoxy groups -OCH3 is 2. The molecule has 0 aliphatic rings. The van der Waals surface area contributed by atoms with Crippen molar-refractivity contribution in [2.75, 3.05) is 20.8 Å². The number of allylic oxidation sites excluding steroid dienone is 1. The van der Waals surface area contributed by atoms with Crippen LogP contribution in [0.2, 0.25) is 0 Å². The van der Waals surface area contributed by atoms with E-state index in [2.05, 4.69) is 0 Å². The smallest absolute Gasteiger partial charge is 0.189 e. The van der Waals surface area contributed by atoms with Crippen molar-refractivity contribution in [3.05, 3.63) is 59.7 Å². The fourth-order valence-corrected chi connectivity index (χ4v) is 2.11. The maximum Gasteiger partial charge on any atom is 0.189 e. The number of rotatable bonds is 7. The molecule has 0 fully saturated rings. The molecule has 0 bridgehead atoms. The van der Waals surface area contributed by atoms with Crippen molar-refractivity contribution in [3.8, 4) is 17.2 Å². The molecule has 4 heteroatoms. The molecular formula is C19H20O4. The minimum Gasteiger partial charge on any atom is -0.497 e. The zero-order valence-corrected chi connectivity index (χ0v) is 13.5. The van der Waals surface area contributed by atoms with Crippen LogP contribution >= 0.6 is 0 Å². The average molecular weight is 312 g/mol. The Balaban J connectivity index is 2.17. The lowest BCUT2D eigenvalue weighted by Gasteiger charge is -2.08. The number of hydrogen-bond acceptors (Lipinski definition) is 4. The molecule has 0 spiro atoms. The van der Waals surface area contributed by atoms with E-state index >= 15 is 0 Å². The second-order valence-corrected chi connectivity index (χ2v) is 4.77. The van der Waals surface area contributed by atoms with Crippen LogP contribution in [0.5, 0.6) is 17.2 Å². The maximum atomic E-state index is 12.4. The summed E-state index contributed by atoms with van der Waals surface area (Å²) in [7, 11) is 3.10. The van der Waals surface area contributed by atoms with Crippen LogP contribution in [0.15, 0.2) is 48.5 Å². The van der Waals surface area contributed by atoms with Gasteiger partial charge in [0, 0.05) is 0 Å². The highest BCUT2D eigenvalue weighted by Gasteiger charge is 2.11. The molecule has 4 nitrogen and oxygen atoms in total. The molecule has 0 N–H and O–H groups in total. The summed E-state index contributed by atoms with van der Waals surface area (Å²) in [5, 5.41) is 0. The molecule has 0 heterocycles. The molecular weight excluding hydrogens is 292 g/mol. The molecule has 0 aliphatic heterocycles. The third-order valence-corrected chi connectivity index (χ3v) is 3.29. The van der Waals surface area contributed by atoms with Crippen LogP contribution in [-0.2, 0) is 0 Å². The number of benzene rings is 2. The molecule has 0 atom stereocenters. The van der Waals surface area contributed by atoms with Crippen molar-refractivity contribution >= 4 is 11.9 Å². The fourth-order valence-electron chi connectivity index (χ4n) is 2.11. The molecule has 23 heavy (non-hydrogen) atoms. The van der Waals surface area contributed by atoms with Crippen LogP contribution in [-0.4, -0.2) is 26.6 Å². The Bertz CT molecular complexity index is 687. The van der Waals surface area contributed by atoms with Gasteiger partial charge in [-0.05, 0) is 48.9 Å². The predicted octanol–water partition coefficient (Wildman–Crippen LogP) is 4.00. The summed E-state index contributed by atoms with van der Waals surface area (Å²) in [6.45, 7) is 2.57. The Morgan fingerprint density at radius 2 is 1.70 bits per heavy atom. The SMILES string of the molecule is CCOc1ccc(C=CC(=O)c2cc(OC)ccc2OC)cc1. The van der Waals surface area contributed by atoms with E-state index in [0.29, 0.717) is 23.7 Å². The van der Waals surface area contributed by atoms with Gasteiger partial charge in [-0.25, -0.2) is 0 Å². The Kier molecular flexibility index (Phi) is 5.80. The van der Waals surface area contributed by atoms with Crippen LogP contribution in [0.1, 0.15) is 22.8 Å². The van der Waals surface area contributed by atoms with E-state index in [1.54, 1.807) is 31.4 Å². The summed E-state index contributed by atoms with van der Waals surface area (Å²) in [4.78, 5) is 12.4. The van der Waals surface area contributed by atoms with Gasteiger partial charge in [0.05, 0.1) is 26.4 Å². The highest BCUT2D eigenvalue weighted by atomic mass is 16.5. The van der Waals surface area contributed by atoms with Crippen molar-refractivity contribution in [2.24, 2.45) is 0 Å². The number of hydrogen-bond donors (Lipinski definition) is 0. The van der Waals surface area contributed by atoms with Crippen LogP contribution in [0.4, 0.5) is 0 Å². The average Bonchev–Trinajstić information content (AvgIpc) is 2.60. The van der Waals surface area contributed by atoms with Crippen LogP contribution in [0, 0.1) is 0 Å². The zero-order valence-electron chi connectivity index (χ0n) is 13.5. The first-order valence-electron chi connectivity index (χ1n) is 7.35.